The minimum atomic E-state index is -0.000210. The van der Waals surface area contributed by atoms with E-state index in [9.17, 15) is 0 Å². The first-order valence-corrected chi connectivity index (χ1v) is 9.04. The summed E-state index contributed by atoms with van der Waals surface area (Å²) in [6.07, 6.45) is 9.59. The van der Waals surface area contributed by atoms with E-state index in [1.165, 1.54) is 51.6 Å². The summed E-state index contributed by atoms with van der Waals surface area (Å²) >= 11 is 0. The van der Waals surface area contributed by atoms with E-state index in [1.807, 2.05) is 7.11 Å². The Balaban J connectivity index is 1.91. The van der Waals surface area contributed by atoms with Gasteiger partial charge in [0, 0.05) is 32.3 Å². The zero-order valence-electron chi connectivity index (χ0n) is 14.7. The highest BCUT2D eigenvalue weighted by atomic mass is 16.5. The van der Waals surface area contributed by atoms with E-state index in [4.69, 9.17) is 4.74 Å². The second-order valence-corrected chi connectivity index (χ2v) is 7.81. The minimum Gasteiger partial charge on any atom is -0.379 e. The third kappa shape index (κ3) is 5.22. The van der Waals surface area contributed by atoms with Gasteiger partial charge in [-0.2, -0.15) is 0 Å². The summed E-state index contributed by atoms with van der Waals surface area (Å²) in [7, 11) is 1.83. The minimum absolute atomic E-state index is 0.000210. The molecule has 1 N–H and O–H groups in total. The predicted molar refractivity (Wildman–Crippen MR) is 89.7 cm³/mol. The van der Waals surface area contributed by atoms with Crippen LogP contribution in [0.3, 0.4) is 0 Å². The van der Waals surface area contributed by atoms with Gasteiger partial charge < -0.3 is 10.1 Å². The van der Waals surface area contributed by atoms with Crippen LogP contribution in [0, 0.1) is 5.92 Å². The van der Waals surface area contributed by atoms with Crippen molar-refractivity contribution in [3.63, 3.8) is 0 Å². The summed E-state index contributed by atoms with van der Waals surface area (Å²) in [6, 6.07) is 1.40. The van der Waals surface area contributed by atoms with Crippen molar-refractivity contribution in [3.05, 3.63) is 0 Å². The molecule has 1 saturated carbocycles. The van der Waals surface area contributed by atoms with Crippen LogP contribution in [-0.2, 0) is 4.74 Å². The van der Waals surface area contributed by atoms with E-state index in [0.29, 0.717) is 12.1 Å². The molecule has 0 aromatic carbocycles. The molecule has 1 aliphatic carbocycles. The third-order valence-electron chi connectivity index (χ3n) is 5.80. The fourth-order valence-electron chi connectivity index (χ4n) is 3.84. The molecule has 0 aromatic rings. The molecule has 0 spiro atoms. The second-order valence-electron chi connectivity index (χ2n) is 7.81. The van der Waals surface area contributed by atoms with Crippen LogP contribution in [0.2, 0.25) is 0 Å². The molecule has 3 heteroatoms. The molecule has 21 heavy (non-hydrogen) atoms. The van der Waals surface area contributed by atoms with Gasteiger partial charge in [0.15, 0.2) is 0 Å². The molecule has 1 heterocycles. The molecule has 1 aliphatic heterocycles. The Kier molecular flexibility index (Phi) is 6.51. The first kappa shape index (κ1) is 17.2. The Bertz CT molecular complexity index is 300. The van der Waals surface area contributed by atoms with Gasteiger partial charge in [0.05, 0.1) is 5.60 Å². The predicted octanol–water partition coefficient (Wildman–Crippen LogP) is 3.43. The molecule has 0 aromatic heterocycles. The lowest BCUT2D eigenvalue weighted by Crippen LogP contribution is -2.46. The maximum absolute atomic E-state index is 5.60. The van der Waals surface area contributed by atoms with Crippen molar-refractivity contribution >= 4 is 0 Å². The second kappa shape index (κ2) is 7.94. The average Bonchev–Trinajstić information content (AvgIpc) is 2.68. The molecular formula is C18H36N2O. The number of nitrogens with zero attached hydrogens (tertiary/aromatic N) is 1. The molecule has 0 bridgehead atoms. The van der Waals surface area contributed by atoms with Gasteiger partial charge in [-0.25, -0.2) is 0 Å². The molecule has 0 radical (unpaired) electrons. The van der Waals surface area contributed by atoms with E-state index in [-0.39, 0.29) is 5.60 Å². The summed E-state index contributed by atoms with van der Waals surface area (Å²) in [4.78, 5) is 2.71. The molecule has 2 rings (SSSR count). The third-order valence-corrected chi connectivity index (χ3v) is 5.80. The van der Waals surface area contributed by atoms with Gasteiger partial charge in [-0.05, 0) is 58.9 Å². The van der Waals surface area contributed by atoms with Crippen LogP contribution >= 0.6 is 0 Å². The van der Waals surface area contributed by atoms with Crippen molar-refractivity contribution in [2.24, 2.45) is 5.92 Å². The molecule has 2 atom stereocenters. The van der Waals surface area contributed by atoms with Crippen LogP contribution in [0.25, 0.3) is 0 Å². The van der Waals surface area contributed by atoms with Gasteiger partial charge in [0.2, 0.25) is 0 Å². The largest absolute Gasteiger partial charge is 0.379 e. The summed E-state index contributed by atoms with van der Waals surface area (Å²) in [5.41, 5.74) is -0.000210. The molecule has 2 fully saturated rings. The van der Waals surface area contributed by atoms with Gasteiger partial charge in [-0.15, -0.1) is 0 Å². The van der Waals surface area contributed by atoms with Crippen molar-refractivity contribution in [2.75, 3.05) is 26.7 Å². The van der Waals surface area contributed by atoms with E-state index < -0.39 is 0 Å². The number of methoxy groups -OCH3 is 1. The highest BCUT2D eigenvalue weighted by Crippen LogP contribution is 2.28. The van der Waals surface area contributed by atoms with Crippen molar-refractivity contribution in [2.45, 2.75) is 83.4 Å². The van der Waals surface area contributed by atoms with Crippen LogP contribution in [-0.4, -0.2) is 49.3 Å². The lowest BCUT2D eigenvalue weighted by Gasteiger charge is -2.36. The highest BCUT2D eigenvalue weighted by molar-refractivity contribution is 4.87. The van der Waals surface area contributed by atoms with E-state index in [1.54, 1.807) is 0 Å². The lowest BCUT2D eigenvalue weighted by atomic mass is 9.83. The molecule has 2 aliphatic rings. The van der Waals surface area contributed by atoms with Gasteiger partial charge in [-0.1, -0.05) is 19.3 Å². The Labute approximate surface area is 131 Å². The molecule has 2 unspecified atom stereocenters. The summed E-state index contributed by atoms with van der Waals surface area (Å²) in [6.45, 7) is 10.4. The van der Waals surface area contributed by atoms with Gasteiger partial charge >= 0.3 is 0 Å². The standard InChI is InChI=1S/C18H36N2O/c1-15-10-12-19-17(16-8-6-5-7-9-16)14-20(15)13-11-18(2,3)21-4/h15-17,19H,5-14H2,1-4H3. The Morgan fingerprint density at radius 1 is 1.14 bits per heavy atom. The molecular weight excluding hydrogens is 260 g/mol. The average molecular weight is 296 g/mol. The van der Waals surface area contributed by atoms with Gasteiger partial charge in [-0.3, -0.25) is 4.90 Å². The molecule has 1 saturated heterocycles. The van der Waals surface area contributed by atoms with Gasteiger partial charge in [0.1, 0.15) is 0 Å². The van der Waals surface area contributed by atoms with Gasteiger partial charge in [0.25, 0.3) is 0 Å². The summed E-state index contributed by atoms with van der Waals surface area (Å²) in [5.74, 6) is 0.905. The molecule has 0 amide bonds. The van der Waals surface area contributed by atoms with E-state index >= 15 is 0 Å². The maximum atomic E-state index is 5.60. The lowest BCUT2D eigenvalue weighted by molar-refractivity contribution is 0.00366. The van der Waals surface area contributed by atoms with Crippen LogP contribution in [0.4, 0.5) is 0 Å². The highest BCUT2D eigenvalue weighted by Gasteiger charge is 2.30. The number of hydrogen-bond donors (Lipinski definition) is 1. The maximum Gasteiger partial charge on any atom is 0.0634 e. The normalized spacial score (nSPS) is 30.3. The summed E-state index contributed by atoms with van der Waals surface area (Å²) < 4.78 is 5.60. The monoisotopic (exact) mass is 296 g/mol. The van der Waals surface area contributed by atoms with E-state index in [2.05, 4.69) is 31.0 Å². The SMILES string of the molecule is COC(C)(C)CCN1CC(C2CCCCC2)NCCC1C. The van der Waals surface area contributed by atoms with Crippen molar-refractivity contribution in [1.29, 1.82) is 0 Å². The number of hydrogen-bond acceptors (Lipinski definition) is 3. The Hall–Kier alpha value is -0.120. The summed E-state index contributed by atoms with van der Waals surface area (Å²) in [5, 5.41) is 3.85. The number of rotatable bonds is 5. The quantitative estimate of drug-likeness (QED) is 0.841. The molecule has 3 nitrogen and oxygen atoms in total. The van der Waals surface area contributed by atoms with Crippen molar-refractivity contribution < 1.29 is 4.74 Å². The molecule has 124 valence electrons. The first-order chi connectivity index (χ1) is 10.0. The number of ether oxygens (including phenoxy) is 1. The topological polar surface area (TPSA) is 24.5 Å². The first-order valence-electron chi connectivity index (χ1n) is 9.04. The zero-order chi connectivity index (χ0) is 15.3. The van der Waals surface area contributed by atoms with Crippen molar-refractivity contribution in [3.8, 4) is 0 Å². The fraction of sp³-hybridized carbons (Fsp3) is 1.00. The van der Waals surface area contributed by atoms with Crippen molar-refractivity contribution in [1.82, 2.24) is 10.2 Å². The van der Waals surface area contributed by atoms with Crippen LogP contribution in [0.5, 0.6) is 0 Å². The van der Waals surface area contributed by atoms with Crippen LogP contribution < -0.4 is 5.32 Å². The van der Waals surface area contributed by atoms with Crippen LogP contribution in [0.1, 0.15) is 65.7 Å². The Morgan fingerprint density at radius 2 is 1.86 bits per heavy atom. The van der Waals surface area contributed by atoms with Crippen LogP contribution in [0.15, 0.2) is 0 Å². The van der Waals surface area contributed by atoms with E-state index in [0.717, 1.165) is 18.9 Å². The zero-order valence-corrected chi connectivity index (χ0v) is 14.7. The number of nitrogens with one attached hydrogen (secondary N) is 1. The fourth-order valence-corrected chi connectivity index (χ4v) is 3.84. The Morgan fingerprint density at radius 3 is 2.52 bits per heavy atom. The smallest absolute Gasteiger partial charge is 0.0634 e.